The van der Waals surface area contributed by atoms with Gasteiger partial charge in [0.05, 0.1) is 17.6 Å². The summed E-state index contributed by atoms with van der Waals surface area (Å²) in [6.45, 7) is 0.626. The molecule has 1 fully saturated rings. The third-order valence-electron chi connectivity index (χ3n) is 5.69. The van der Waals surface area contributed by atoms with Crippen LogP contribution in [0.2, 0.25) is 5.02 Å². The minimum atomic E-state index is -0.383. The highest BCUT2D eigenvalue weighted by atomic mass is 35.5. The number of anilines is 1. The zero-order valence-corrected chi connectivity index (χ0v) is 17.2. The number of amides is 1. The molecule has 7 heteroatoms. The first kappa shape index (κ1) is 19.7. The molecule has 0 spiro atoms. The number of para-hydroxylation sites is 2. The van der Waals surface area contributed by atoms with Gasteiger partial charge in [0.1, 0.15) is 17.5 Å². The summed E-state index contributed by atoms with van der Waals surface area (Å²) in [5, 5.41) is 0.346. The Morgan fingerprint density at radius 3 is 2.55 bits per heavy atom. The van der Waals surface area contributed by atoms with E-state index in [-0.39, 0.29) is 36.4 Å². The number of rotatable bonds is 4. The third-order valence-corrected chi connectivity index (χ3v) is 6.04. The predicted octanol–water partition coefficient (Wildman–Crippen LogP) is 5.54. The molecular formula is C24H18ClF2N3O. The lowest BCUT2D eigenvalue weighted by molar-refractivity contribution is -0.117. The second-order valence-corrected chi connectivity index (χ2v) is 8.03. The molecule has 1 saturated heterocycles. The van der Waals surface area contributed by atoms with Gasteiger partial charge < -0.3 is 9.47 Å². The molecule has 31 heavy (non-hydrogen) atoms. The summed E-state index contributed by atoms with van der Waals surface area (Å²) in [7, 11) is 0. The number of carbonyl (C=O) groups excluding carboxylic acids is 1. The summed E-state index contributed by atoms with van der Waals surface area (Å²) in [6.07, 6.45) is 0.270. The largest absolute Gasteiger partial charge is 0.323 e. The average molecular weight is 438 g/mol. The van der Waals surface area contributed by atoms with Crippen LogP contribution in [0.4, 0.5) is 14.5 Å². The summed E-state index contributed by atoms with van der Waals surface area (Å²) in [5.74, 6) is -0.268. The average Bonchev–Trinajstić information content (AvgIpc) is 3.32. The molecule has 156 valence electrons. The maximum absolute atomic E-state index is 14.5. The van der Waals surface area contributed by atoms with E-state index in [1.165, 1.54) is 18.2 Å². The lowest BCUT2D eigenvalue weighted by atomic mass is 10.1. The number of benzene rings is 3. The van der Waals surface area contributed by atoms with Gasteiger partial charge in [0.25, 0.3) is 0 Å². The van der Waals surface area contributed by atoms with Gasteiger partial charge in [-0.1, -0.05) is 29.8 Å². The van der Waals surface area contributed by atoms with Crippen LogP contribution in [0, 0.1) is 11.6 Å². The second-order valence-electron chi connectivity index (χ2n) is 7.63. The standard InChI is InChI=1S/C24H18ClF2N3O/c25-19-4-3-5-20(27)18(19)14-30-22-7-2-1-6-21(22)28-24(30)15-12-23(31)29(13-15)17-10-8-16(26)9-11-17/h1-11,15H,12-14H2/t15-/m1/s1. The molecule has 1 aliphatic heterocycles. The topological polar surface area (TPSA) is 38.1 Å². The first-order valence-electron chi connectivity index (χ1n) is 9.95. The Balaban J connectivity index is 1.55. The molecule has 0 aliphatic carbocycles. The molecule has 2 heterocycles. The fraction of sp³-hybridized carbons (Fsp3) is 0.167. The third kappa shape index (κ3) is 3.57. The molecule has 0 unspecified atom stereocenters. The summed E-state index contributed by atoms with van der Waals surface area (Å²) >= 11 is 6.28. The number of aromatic nitrogens is 2. The highest BCUT2D eigenvalue weighted by Crippen LogP contribution is 2.34. The van der Waals surface area contributed by atoms with Crippen molar-refractivity contribution in [3.8, 4) is 0 Å². The van der Waals surface area contributed by atoms with Crippen LogP contribution in [0.5, 0.6) is 0 Å². The first-order valence-corrected chi connectivity index (χ1v) is 10.3. The maximum atomic E-state index is 14.5. The molecule has 1 aliphatic rings. The van der Waals surface area contributed by atoms with Crippen LogP contribution in [0.15, 0.2) is 66.7 Å². The molecule has 4 nitrogen and oxygen atoms in total. The van der Waals surface area contributed by atoms with Crippen LogP contribution in [0.3, 0.4) is 0 Å². The van der Waals surface area contributed by atoms with E-state index in [1.54, 1.807) is 29.2 Å². The number of fused-ring (bicyclic) bond motifs is 1. The van der Waals surface area contributed by atoms with Gasteiger partial charge >= 0.3 is 0 Å². The number of hydrogen-bond acceptors (Lipinski definition) is 2. The van der Waals surface area contributed by atoms with Crippen molar-refractivity contribution in [3.05, 3.63) is 94.8 Å². The van der Waals surface area contributed by atoms with E-state index >= 15 is 0 Å². The van der Waals surface area contributed by atoms with Crippen LogP contribution in [-0.2, 0) is 11.3 Å². The summed E-state index contributed by atoms with van der Waals surface area (Å²) in [4.78, 5) is 19.2. The number of nitrogens with zero attached hydrogens (tertiary/aromatic N) is 3. The summed E-state index contributed by atoms with van der Waals surface area (Å²) in [6, 6.07) is 18.1. The summed E-state index contributed by atoms with van der Waals surface area (Å²) < 4.78 is 29.8. The smallest absolute Gasteiger partial charge is 0.227 e. The molecular weight excluding hydrogens is 420 g/mol. The van der Waals surface area contributed by atoms with E-state index < -0.39 is 0 Å². The molecule has 0 N–H and O–H groups in total. The lowest BCUT2D eigenvalue weighted by Gasteiger charge is -2.18. The van der Waals surface area contributed by atoms with Gasteiger partial charge in [-0.05, 0) is 48.5 Å². The van der Waals surface area contributed by atoms with Gasteiger partial charge in [0, 0.05) is 35.2 Å². The highest BCUT2D eigenvalue weighted by Gasteiger charge is 2.35. The van der Waals surface area contributed by atoms with Crippen molar-refractivity contribution in [2.45, 2.75) is 18.9 Å². The molecule has 4 aromatic rings. The van der Waals surface area contributed by atoms with E-state index in [9.17, 15) is 13.6 Å². The van der Waals surface area contributed by atoms with Crippen molar-refractivity contribution in [3.63, 3.8) is 0 Å². The SMILES string of the molecule is O=C1C[C@@H](c2nc3ccccc3n2Cc2c(F)cccc2Cl)CN1c1ccc(F)cc1. The number of hydrogen-bond donors (Lipinski definition) is 0. The Labute approximate surface area is 182 Å². The molecule has 3 aromatic carbocycles. The Kier molecular flexibility index (Phi) is 4.94. The van der Waals surface area contributed by atoms with Crippen LogP contribution in [0.1, 0.15) is 23.7 Å². The van der Waals surface area contributed by atoms with Crippen molar-refractivity contribution in [2.75, 3.05) is 11.4 Å². The van der Waals surface area contributed by atoms with Crippen molar-refractivity contribution >= 4 is 34.2 Å². The van der Waals surface area contributed by atoms with Crippen LogP contribution >= 0.6 is 11.6 Å². The van der Waals surface area contributed by atoms with Gasteiger partial charge in [-0.25, -0.2) is 13.8 Å². The predicted molar refractivity (Wildman–Crippen MR) is 116 cm³/mol. The molecule has 0 radical (unpaired) electrons. The van der Waals surface area contributed by atoms with E-state index in [4.69, 9.17) is 16.6 Å². The quantitative estimate of drug-likeness (QED) is 0.420. The van der Waals surface area contributed by atoms with E-state index in [2.05, 4.69) is 0 Å². The van der Waals surface area contributed by atoms with Crippen molar-refractivity contribution in [1.82, 2.24) is 9.55 Å². The molecule has 1 amide bonds. The molecule has 5 rings (SSSR count). The van der Waals surface area contributed by atoms with Gasteiger partial charge in [-0.15, -0.1) is 0 Å². The van der Waals surface area contributed by atoms with Crippen molar-refractivity contribution in [1.29, 1.82) is 0 Å². The van der Waals surface area contributed by atoms with E-state index in [0.29, 0.717) is 28.6 Å². The van der Waals surface area contributed by atoms with Crippen molar-refractivity contribution < 1.29 is 13.6 Å². The van der Waals surface area contributed by atoms with Gasteiger partial charge in [-0.2, -0.15) is 0 Å². The number of imidazole rings is 1. The molecule has 0 saturated carbocycles. The van der Waals surface area contributed by atoms with E-state index in [1.807, 2.05) is 28.8 Å². The van der Waals surface area contributed by atoms with Gasteiger partial charge in [0.15, 0.2) is 0 Å². The fourth-order valence-corrected chi connectivity index (χ4v) is 4.39. The minimum Gasteiger partial charge on any atom is -0.323 e. The van der Waals surface area contributed by atoms with Crippen molar-refractivity contribution in [2.24, 2.45) is 0 Å². The second kappa shape index (κ2) is 7.78. The Morgan fingerprint density at radius 1 is 1.00 bits per heavy atom. The lowest BCUT2D eigenvalue weighted by Crippen LogP contribution is -2.24. The maximum Gasteiger partial charge on any atom is 0.227 e. The molecule has 0 bridgehead atoms. The van der Waals surface area contributed by atoms with Gasteiger partial charge in [-0.3, -0.25) is 4.79 Å². The number of carbonyl (C=O) groups is 1. The zero-order chi connectivity index (χ0) is 21.5. The van der Waals surface area contributed by atoms with E-state index in [0.717, 1.165) is 11.0 Å². The normalized spacial score (nSPS) is 16.4. The first-order chi connectivity index (χ1) is 15.0. The Morgan fingerprint density at radius 2 is 1.77 bits per heavy atom. The number of halogens is 3. The molecule has 1 aromatic heterocycles. The Bertz CT molecular complexity index is 1270. The van der Waals surface area contributed by atoms with Crippen LogP contribution in [-0.4, -0.2) is 22.0 Å². The molecule has 1 atom stereocenters. The fourth-order valence-electron chi connectivity index (χ4n) is 4.16. The zero-order valence-electron chi connectivity index (χ0n) is 16.4. The Hall–Kier alpha value is -3.25. The minimum absolute atomic E-state index is 0.0564. The van der Waals surface area contributed by atoms with Crippen LogP contribution < -0.4 is 4.90 Å². The summed E-state index contributed by atoms with van der Waals surface area (Å²) in [5.41, 5.74) is 2.66. The van der Waals surface area contributed by atoms with Crippen LogP contribution in [0.25, 0.3) is 11.0 Å². The highest BCUT2D eigenvalue weighted by molar-refractivity contribution is 6.31. The van der Waals surface area contributed by atoms with Gasteiger partial charge in [0.2, 0.25) is 5.91 Å². The monoisotopic (exact) mass is 437 g/mol.